The summed E-state index contributed by atoms with van der Waals surface area (Å²) in [5.74, 6) is 11.7. The molecule has 0 amide bonds. The number of rotatable bonds is 0. The topological polar surface area (TPSA) is 52.0 Å². The lowest BCUT2D eigenvalue weighted by Crippen LogP contribution is -1.89. The minimum atomic E-state index is 0.777. The van der Waals surface area contributed by atoms with E-state index < -0.39 is 0 Å². The van der Waals surface area contributed by atoms with E-state index in [2.05, 4.69) is 23.7 Å². The van der Waals surface area contributed by atoms with E-state index in [4.69, 9.17) is 11.5 Å². The molecule has 0 fully saturated rings. The molecular weight excluding hydrogens is 244 g/mol. The highest BCUT2D eigenvalue weighted by molar-refractivity contribution is 5.54. The lowest BCUT2D eigenvalue weighted by Gasteiger charge is -1.98. The predicted octanol–water partition coefficient (Wildman–Crippen LogP) is 2.87. The molecule has 2 aromatic carbocycles. The molecule has 20 heavy (non-hydrogen) atoms. The third kappa shape index (κ3) is 3.34. The summed E-state index contributed by atoms with van der Waals surface area (Å²) in [6.07, 6.45) is 0. The molecule has 0 aliphatic rings. The largest absolute Gasteiger partial charge is 0.399 e. The van der Waals surface area contributed by atoms with Crippen molar-refractivity contribution in [1.82, 2.24) is 0 Å². The van der Waals surface area contributed by atoms with E-state index in [1.54, 1.807) is 0 Å². The number of hydrogen-bond acceptors (Lipinski definition) is 2. The average molecular weight is 260 g/mol. The summed E-state index contributed by atoms with van der Waals surface area (Å²) in [6.45, 7) is 3.92. The van der Waals surface area contributed by atoms with Crippen LogP contribution in [0.2, 0.25) is 0 Å². The van der Waals surface area contributed by atoms with E-state index in [-0.39, 0.29) is 0 Å². The molecule has 0 aliphatic heterocycles. The Hall–Kier alpha value is -2.84. The Morgan fingerprint density at radius 3 is 1.45 bits per heavy atom. The molecule has 98 valence electrons. The van der Waals surface area contributed by atoms with Gasteiger partial charge in [-0.05, 0) is 73.2 Å². The molecule has 0 saturated heterocycles. The highest BCUT2D eigenvalue weighted by Crippen LogP contribution is 2.12. The van der Waals surface area contributed by atoms with Gasteiger partial charge in [0.2, 0.25) is 0 Å². The van der Waals surface area contributed by atoms with Gasteiger partial charge in [0.25, 0.3) is 0 Å². The second-order valence-electron chi connectivity index (χ2n) is 4.64. The minimum absolute atomic E-state index is 0.777. The van der Waals surface area contributed by atoms with Gasteiger partial charge < -0.3 is 11.5 Å². The van der Waals surface area contributed by atoms with E-state index >= 15 is 0 Å². The van der Waals surface area contributed by atoms with Crippen LogP contribution >= 0.6 is 0 Å². The summed E-state index contributed by atoms with van der Waals surface area (Å²) >= 11 is 0. The summed E-state index contributed by atoms with van der Waals surface area (Å²) in [5, 5.41) is 0. The van der Waals surface area contributed by atoms with Crippen molar-refractivity contribution in [2.24, 2.45) is 0 Å². The van der Waals surface area contributed by atoms with E-state index in [0.717, 1.165) is 33.6 Å². The van der Waals surface area contributed by atoms with Gasteiger partial charge in [0, 0.05) is 22.5 Å². The van der Waals surface area contributed by atoms with E-state index in [1.165, 1.54) is 0 Å². The summed E-state index contributed by atoms with van der Waals surface area (Å²) in [5.41, 5.74) is 17.0. The molecule has 0 bridgehead atoms. The smallest absolute Gasteiger partial charge is 0.0344 e. The third-order valence-electron chi connectivity index (χ3n) is 3.02. The highest BCUT2D eigenvalue weighted by Gasteiger charge is 1.93. The maximum Gasteiger partial charge on any atom is 0.0344 e. The first kappa shape index (κ1) is 13.6. The summed E-state index contributed by atoms with van der Waals surface area (Å²) < 4.78 is 0. The number of hydrogen-bond donors (Lipinski definition) is 2. The second-order valence-corrected chi connectivity index (χ2v) is 4.64. The van der Waals surface area contributed by atoms with Crippen LogP contribution in [-0.4, -0.2) is 0 Å². The fourth-order valence-corrected chi connectivity index (χ4v) is 1.71. The molecule has 4 N–H and O–H groups in total. The molecule has 2 heteroatoms. The molecular formula is C18H16N2. The first-order valence-corrected chi connectivity index (χ1v) is 6.30. The van der Waals surface area contributed by atoms with Crippen molar-refractivity contribution in [2.75, 3.05) is 11.5 Å². The van der Waals surface area contributed by atoms with Gasteiger partial charge in [-0.25, -0.2) is 0 Å². The van der Waals surface area contributed by atoms with Crippen LogP contribution in [0, 0.1) is 37.5 Å². The zero-order chi connectivity index (χ0) is 14.5. The van der Waals surface area contributed by atoms with Crippen LogP contribution < -0.4 is 11.5 Å². The SMILES string of the molecule is Cc1cc(C#CC#Cc2ccc(N)c(C)c2)ccc1N. The highest BCUT2D eigenvalue weighted by atomic mass is 14.6. The Bertz CT molecular complexity index is 698. The van der Waals surface area contributed by atoms with Crippen molar-refractivity contribution >= 4 is 11.4 Å². The average Bonchev–Trinajstić information content (AvgIpc) is 2.42. The van der Waals surface area contributed by atoms with Gasteiger partial charge >= 0.3 is 0 Å². The summed E-state index contributed by atoms with van der Waals surface area (Å²) in [6, 6.07) is 11.4. The Morgan fingerprint density at radius 1 is 0.700 bits per heavy atom. The van der Waals surface area contributed by atoms with Crippen molar-refractivity contribution in [3.63, 3.8) is 0 Å². The van der Waals surface area contributed by atoms with Gasteiger partial charge in [-0.2, -0.15) is 0 Å². The van der Waals surface area contributed by atoms with Gasteiger partial charge in [0.05, 0.1) is 0 Å². The molecule has 0 atom stereocenters. The molecule has 0 heterocycles. The normalized spacial score (nSPS) is 9.10. The van der Waals surface area contributed by atoms with Crippen LogP contribution in [0.15, 0.2) is 36.4 Å². The van der Waals surface area contributed by atoms with Crippen LogP contribution in [0.25, 0.3) is 0 Å². The van der Waals surface area contributed by atoms with Crippen LogP contribution in [0.1, 0.15) is 22.3 Å². The Morgan fingerprint density at radius 2 is 1.10 bits per heavy atom. The first-order valence-electron chi connectivity index (χ1n) is 6.30. The van der Waals surface area contributed by atoms with Crippen molar-refractivity contribution < 1.29 is 0 Å². The minimum Gasteiger partial charge on any atom is -0.399 e. The Kier molecular flexibility index (Phi) is 3.99. The quantitative estimate of drug-likeness (QED) is 0.565. The zero-order valence-corrected chi connectivity index (χ0v) is 11.6. The predicted molar refractivity (Wildman–Crippen MR) is 84.9 cm³/mol. The van der Waals surface area contributed by atoms with Crippen molar-refractivity contribution in [1.29, 1.82) is 0 Å². The van der Waals surface area contributed by atoms with Crippen molar-refractivity contribution in [3.8, 4) is 23.7 Å². The molecule has 2 rings (SSSR count). The fourth-order valence-electron chi connectivity index (χ4n) is 1.71. The lowest BCUT2D eigenvalue weighted by molar-refractivity contribution is 1.45. The second kappa shape index (κ2) is 5.87. The van der Waals surface area contributed by atoms with E-state index in [9.17, 15) is 0 Å². The molecule has 2 aromatic rings. The number of benzene rings is 2. The number of nitrogens with two attached hydrogens (primary N) is 2. The maximum atomic E-state index is 5.76. The molecule has 0 radical (unpaired) electrons. The molecule has 0 spiro atoms. The van der Waals surface area contributed by atoms with Gasteiger partial charge in [0.15, 0.2) is 0 Å². The zero-order valence-electron chi connectivity index (χ0n) is 11.6. The van der Waals surface area contributed by atoms with Crippen molar-refractivity contribution in [3.05, 3.63) is 58.7 Å². The molecule has 0 unspecified atom stereocenters. The number of anilines is 2. The van der Waals surface area contributed by atoms with E-state index in [1.807, 2.05) is 50.2 Å². The molecule has 0 saturated carbocycles. The molecule has 2 nitrogen and oxygen atoms in total. The number of aryl methyl sites for hydroxylation is 2. The fraction of sp³-hybridized carbons (Fsp3) is 0.111. The third-order valence-corrected chi connectivity index (χ3v) is 3.02. The first-order chi connectivity index (χ1) is 9.56. The van der Waals surface area contributed by atoms with Crippen LogP contribution in [0.5, 0.6) is 0 Å². The standard InChI is InChI=1S/C18H16N2/c1-13-11-15(7-9-17(13)19)5-3-4-6-16-8-10-18(20)14(2)12-16/h7-12H,19-20H2,1-2H3. The van der Waals surface area contributed by atoms with Crippen LogP contribution in [0.3, 0.4) is 0 Å². The van der Waals surface area contributed by atoms with Gasteiger partial charge in [-0.15, -0.1) is 0 Å². The number of nitrogen functional groups attached to an aromatic ring is 2. The van der Waals surface area contributed by atoms with Crippen molar-refractivity contribution in [2.45, 2.75) is 13.8 Å². The van der Waals surface area contributed by atoms with E-state index in [0.29, 0.717) is 0 Å². The molecule has 0 aliphatic carbocycles. The summed E-state index contributed by atoms with van der Waals surface area (Å²) in [7, 11) is 0. The summed E-state index contributed by atoms with van der Waals surface area (Å²) in [4.78, 5) is 0. The Balaban J connectivity index is 2.17. The van der Waals surface area contributed by atoms with Gasteiger partial charge in [-0.3, -0.25) is 0 Å². The molecule has 0 aromatic heterocycles. The lowest BCUT2D eigenvalue weighted by atomic mass is 10.1. The van der Waals surface area contributed by atoms with Crippen LogP contribution in [-0.2, 0) is 0 Å². The van der Waals surface area contributed by atoms with Gasteiger partial charge in [-0.1, -0.05) is 11.8 Å². The monoisotopic (exact) mass is 260 g/mol. The maximum absolute atomic E-state index is 5.76. The Labute approximate surface area is 119 Å². The van der Waals surface area contributed by atoms with Gasteiger partial charge in [0.1, 0.15) is 0 Å². The van der Waals surface area contributed by atoms with Crippen LogP contribution in [0.4, 0.5) is 11.4 Å².